The second kappa shape index (κ2) is 10.0. The number of rotatable bonds is 7. The van der Waals surface area contributed by atoms with Crippen LogP contribution in [0.1, 0.15) is 57.4 Å². The topological polar surface area (TPSA) is 135 Å². The number of nitrogens with zero attached hydrogens (tertiary/aromatic N) is 4. The van der Waals surface area contributed by atoms with E-state index in [0.717, 1.165) is 24.8 Å². The minimum Gasteiger partial charge on any atom is -0.394 e. The molecule has 5 rings (SSSR count). The molecule has 0 radical (unpaired) electrons. The first-order chi connectivity index (χ1) is 17.3. The Bertz CT molecular complexity index is 1180. The van der Waals surface area contributed by atoms with E-state index in [1.165, 1.54) is 18.2 Å². The van der Waals surface area contributed by atoms with Gasteiger partial charge >= 0.3 is 0 Å². The summed E-state index contributed by atoms with van der Waals surface area (Å²) in [5.41, 5.74) is 3.58. The molecule has 2 aliphatic rings. The summed E-state index contributed by atoms with van der Waals surface area (Å²) in [7, 11) is 0. The molecule has 1 aliphatic carbocycles. The number of fused-ring (bicyclic) bond motifs is 1. The third-order valence-corrected chi connectivity index (χ3v) is 7.21. The molecule has 3 aromatic rings. The summed E-state index contributed by atoms with van der Waals surface area (Å²) >= 11 is 0. The molecule has 4 N–H and O–H groups in total. The monoisotopic (exact) mass is 497 g/mol. The van der Waals surface area contributed by atoms with Crippen molar-refractivity contribution in [2.24, 2.45) is 0 Å². The van der Waals surface area contributed by atoms with Gasteiger partial charge in [0.05, 0.1) is 31.7 Å². The summed E-state index contributed by atoms with van der Waals surface area (Å²) in [4.78, 5) is 13.2. The van der Waals surface area contributed by atoms with E-state index < -0.39 is 31.1 Å². The Morgan fingerprint density at radius 3 is 2.56 bits per heavy atom. The van der Waals surface area contributed by atoms with Crippen LogP contribution in [0.3, 0.4) is 0 Å². The second-order valence-electron chi connectivity index (χ2n) is 10.8. The number of imidazole rings is 1. The molecule has 0 spiro atoms. The summed E-state index contributed by atoms with van der Waals surface area (Å²) < 4.78 is 13.5. The molecule has 0 bridgehead atoms. The number of hydrogen-bond donors (Lipinski definition) is 4. The molecule has 2 fully saturated rings. The summed E-state index contributed by atoms with van der Waals surface area (Å²) in [6.45, 7) is 6.77. The van der Waals surface area contributed by atoms with Crippen molar-refractivity contribution in [2.45, 2.75) is 88.7 Å². The molecule has 3 heterocycles. The minimum absolute atomic E-state index is 0.0415. The molecule has 1 saturated heterocycles. The Morgan fingerprint density at radius 1 is 1.08 bits per heavy atom. The largest absolute Gasteiger partial charge is 0.394 e. The van der Waals surface area contributed by atoms with Crippen LogP contribution in [-0.4, -0.2) is 71.9 Å². The lowest BCUT2D eigenvalue weighted by Gasteiger charge is -2.23. The van der Waals surface area contributed by atoms with Gasteiger partial charge in [0, 0.05) is 0 Å². The molecular weight excluding hydrogens is 462 g/mol. The van der Waals surface area contributed by atoms with Gasteiger partial charge in [0.2, 0.25) is 0 Å². The number of benzene rings is 1. The summed E-state index contributed by atoms with van der Waals surface area (Å²) in [5, 5.41) is 33.4. The molecule has 1 aromatic carbocycles. The summed E-state index contributed by atoms with van der Waals surface area (Å²) in [6, 6.07) is 8.69. The van der Waals surface area contributed by atoms with E-state index in [1.807, 2.05) is 0 Å². The number of aliphatic hydroxyl groups is 3. The van der Waals surface area contributed by atoms with Crippen molar-refractivity contribution in [3.8, 4) is 0 Å². The Hall–Kier alpha value is -2.63. The maximum atomic E-state index is 10.4. The lowest BCUT2D eigenvalue weighted by Crippen LogP contribution is -2.33. The zero-order valence-corrected chi connectivity index (χ0v) is 20.9. The third kappa shape index (κ3) is 4.83. The van der Waals surface area contributed by atoms with Gasteiger partial charge in [0.15, 0.2) is 23.2 Å². The van der Waals surface area contributed by atoms with Gasteiger partial charge in [-0.25, -0.2) is 15.0 Å². The first-order valence-corrected chi connectivity index (χ1v) is 12.5. The predicted molar refractivity (Wildman–Crippen MR) is 133 cm³/mol. The highest BCUT2D eigenvalue weighted by atomic mass is 16.6. The highest BCUT2D eigenvalue weighted by molar-refractivity contribution is 5.82. The number of ether oxygens (including phenoxy) is 2. The van der Waals surface area contributed by atoms with Crippen molar-refractivity contribution in [3.05, 3.63) is 48.0 Å². The average Bonchev–Trinajstić information content (AvgIpc) is 3.56. The zero-order chi connectivity index (χ0) is 25.4. The molecule has 194 valence electrons. The van der Waals surface area contributed by atoms with Crippen LogP contribution in [0, 0.1) is 0 Å². The second-order valence-corrected chi connectivity index (χ2v) is 10.8. The van der Waals surface area contributed by atoms with E-state index >= 15 is 0 Å². The van der Waals surface area contributed by atoms with Crippen molar-refractivity contribution in [1.82, 2.24) is 19.5 Å². The van der Waals surface area contributed by atoms with E-state index in [0.29, 0.717) is 23.6 Å². The summed E-state index contributed by atoms with van der Waals surface area (Å²) in [6.07, 6.45) is 1.77. The number of hydrogen-bond acceptors (Lipinski definition) is 9. The maximum absolute atomic E-state index is 10.4. The van der Waals surface area contributed by atoms with E-state index in [2.05, 4.69) is 65.3 Å². The fraction of sp³-hybridized carbons (Fsp3) is 0.577. The van der Waals surface area contributed by atoms with Crippen LogP contribution < -0.4 is 5.32 Å². The van der Waals surface area contributed by atoms with Crippen molar-refractivity contribution < 1.29 is 24.8 Å². The lowest BCUT2D eigenvalue weighted by atomic mass is 9.87. The standard InChI is InChI=1S/C26H35N5O5/c1-26(2,3)16-9-7-15(8-10-16)12-35-18-6-4-5-17(18)30-23-20-24(28-13-27-23)31(14-29-20)25-22(34)21(33)19(11-32)36-25/h7-10,13-14,17-19,21-22,25,32-34H,4-6,11-12H2,1-3H3,(H,27,28,30)/t17-,18-,19?,21-,22-,25?/m1/s1. The van der Waals surface area contributed by atoms with Gasteiger partial charge in [0.25, 0.3) is 0 Å². The molecule has 6 atom stereocenters. The Morgan fingerprint density at radius 2 is 1.86 bits per heavy atom. The zero-order valence-electron chi connectivity index (χ0n) is 20.9. The van der Waals surface area contributed by atoms with Crippen LogP contribution in [0.25, 0.3) is 11.2 Å². The first-order valence-electron chi connectivity index (χ1n) is 12.5. The minimum atomic E-state index is -1.21. The van der Waals surface area contributed by atoms with Gasteiger partial charge < -0.3 is 30.1 Å². The average molecular weight is 498 g/mol. The van der Waals surface area contributed by atoms with E-state index in [1.54, 1.807) is 4.57 Å². The van der Waals surface area contributed by atoms with Gasteiger partial charge in [-0.15, -0.1) is 0 Å². The first kappa shape index (κ1) is 25.0. The molecular formula is C26H35N5O5. The highest BCUT2D eigenvalue weighted by Gasteiger charge is 2.44. The quantitative estimate of drug-likeness (QED) is 0.388. The van der Waals surface area contributed by atoms with Crippen LogP contribution in [0.4, 0.5) is 5.82 Å². The molecule has 0 amide bonds. The molecule has 2 unspecified atom stereocenters. The van der Waals surface area contributed by atoms with E-state index in [4.69, 9.17) is 9.47 Å². The maximum Gasteiger partial charge on any atom is 0.167 e. The summed E-state index contributed by atoms with van der Waals surface area (Å²) in [5.74, 6) is 0.584. The smallest absolute Gasteiger partial charge is 0.167 e. The number of aliphatic hydroxyl groups excluding tert-OH is 3. The van der Waals surface area contributed by atoms with Gasteiger partial charge in [-0.2, -0.15) is 0 Å². The van der Waals surface area contributed by atoms with Crippen molar-refractivity contribution >= 4 is 17.0 Å². The van der Waals surface area contributed by atoms with Gasteiger partial charge in [-0.05, 0) is 35.8 Å². The van der Waals surface area contributed by atoms with Crippen molar-refractivity contribution in [2.75, 3.05) is 11.9 Å². The van der Waals surface area contributed by atoms with Crippen LogP contribution in [0.2, 0.25) is 0 Å². The van der Waals surface area contributed by atoms with Gasteiger partial charge in [-0.1, -0.05) is 45.0 Å². The van der Waals surface area contributed by atoms with Crippen LogP contribution in [0.5, 0.6) is 0 Å². The highest BCUT2D eigenvalue weighted by Crippen LogP contribution is 2.33. The fourth-order valence-corrected chi connectivity index (χ4v) is 5.02. The molecule has 1 saturated carbocycles. The van der Waals surface area contributed by atoms with Crippen molar-refractivity contribution in [1.29, 1.82) is 0 Å². The Kier molecular flexibility index (Phi) is 6.97. The van der Waals surface area contributed by atoms with E-state index in [9.17, 15) is 15.3 Å². The number of nitrogens with one attached hydrogen (secondary N) is 1. The van der Waals surface area contributed by atoms with Crippen LogP contribution in [0.15, 0.2) is 36.9 Å². The van der Waals surface area contributed by atoms with Crippen LogP contribution in [-0.2, 0) is 21.5 Å². The molecule has 36 heavy (non-hydrogen) atoms. The number of aromatic nitrogens is 4. The Balaban J connectivity index is 1.28. The Labute approximate surface area is 210 Å². The van der Waals surface area contributed by atoms with Gasteiger partial charge in [-0.3, -0.25) is 4.57 Å². The molecule has 10 nitrogen and oxygen atoms in total. The number of anilines is 1. The third-order valence-electron chi connectivity index (χ3n) is 7.21. The molecule has 1 aliphatic heterocycles. The van der Waals surface area contributed by atoms with E-state index in [-0.39, 0.29) is 17.6 Å². The van der Waals surface area contributed by atoms with Crippen LogP contribution >= 0.6 is 0 Å². The SMILES string of the molecule is CC(C)(C)c1ccc(CO[C@@H]2CCC[C@H]2Nc2ncnc3c2ncn3C2OC(CO)[C@@H](O)[C@H]2O)cc1. The van der Waals surface area contributed by atoms with Crippen molar-refractivity contribution in [3.63, 3.8) is 0 Å². The van der Waals surface area contributed by atoms with Gasteiger partial charge in [0.1, 0.15) is 24.6 Å². The molecule has 2 aromatic heterocycles. The lowest BCUT2D eigenvalue weighted by molar-refractivity contribution is -0.0511. The fourth-order valence-electron chi connectivity index (χ4n) is 5.02. The predicted octanol–water partition coefficient (Wildman–Crippen LogP) is 2.29. The molecule has 10 heteroatoms. The normalized spacial score (nSPS) is 28.7.